The molecule has 0 aliphatic rings. The molecule has 19 heavy (non-hydrogen) atoms. The fourth-order valence-corrected chi connectivity index (χ4v) is 1.51. The molecule has 0 aliphatic heterocycles. The molecule has 0 bridgehead atoms. The van der Waals surface area contributed by atoms with Crippen molar-refractivity contribution < 1.29 is 14.6 Å². The lowest BCUT2D eigenvalue weighted by molar-refractivity contribution is 0.101. The van der Waals surface area contributed by atoms with Crippen molar-refractivity contribution in [2.24, 2.45) is 0 Å². The van der Waals surface area contributed by atoms with Crippen LogP contribution in [0.1, 0.15) is 23.4 Å². The van der Waals surface area contributed by atoms with Gasteiger partial charge < -0.3 is 15.2 Å². The van der Waals surface area contributed by atoms with E-state index in [4.69, 9.17) is 4.74 Å². The fraction of sp³-hybridized carbons (Fsp3) is 0.250. The largest absolute Gasteiger partial charge is 0.504 e. The monoisotopic (exact) mass is 262 g/mol. The zero-order valence-corrected chi connectivity index (χ0v) is 10.6. The summed E-state index contributed by atoms with van der Waals surface area (Å²) >= 11 is 0. The third-order valence-corrected chi connectivity index (χ3v) is 2.51. The number of carbonyl (C=O) groups is 1. The molecule has 1 aromatic carbocycles. The summed E-state index contributed by atoms with van der Waals surface area (Å²) in [6.07, 6.45) is 0.670. The number of amides is 1. The van der Waals surface area contributed by atoms with Gasteiger partial charge in [-0.2, -0.15) is 0 Å². The highest BCUT2D eigenvalue weighted by atomic mass is 16.5. The van der Waals surface area contributed by atoms with E-state index in [0.717, 1.165) is 0 Å². The third kappa shape index (κ3) is 2.82. The van der Waals surface area contributed by atoms with Crippen LogP contribution in [0.3, 0.4) is 0 Å². The van der Waals surface area contributed by atoms with Crippen molar-refractivity contribution in [1.29, 1.82) is 0 Å². The van der Waals surface area contributed by atoms with Gasteiger partial charge in [0.25, 0.3) is 5.91 Å². The molecule has 0 spiro atoms. The van der Waals surface area contributed by atoms with Crippen LogP contribution in [0, 0.1) is 0 Å². The molecular formula is C12H14N4O3. The third-order valence-electron chi connectivity index (χ3n) is 2.51. The second-order valence-electron chi connectivity index (χ2n) is 3.80. The average molecular weight is 262 g/mol. The summed E-state index contributed by atoms with van der Waals surface area (Å²) in [7, 11) is 1.45. The summed E-state index contributed by atoms with van der Waals surface area (Å²) in [5.74, 6) is 0.545. The Morgan fingerprint density at radius 1 is 1.53 bits per heavy atom. The first kappa shape index (κ1) is 12.9. The number of aryl methyl sites for hydroxylation is 1. The maximum atomic E-state index is 11.8. The van der Waals surface area contributed by atoms with E-state index in [1.807, 2.05) is 6.92 Å². The van der Waals surface area contributed by atoms with Crippen molar-refractivity contribution in [1.82, 2.24) is 15.2 Å². The van der Waals surface area contributed by atoms with Crippen LogP contribution in [0.4, 0.5) is 5.69 Å². The molecule has 7 heteroatoms. The molecule has 7 nitrogen and oxygen atoms in total. The van der Waals surface area contributed by atoms with Gasteiger partial charge in [0, 0.05) is 18.2 Å². The number of nitrogens with zero attached hydrogens (tertiary/aromatic N) is 2. The second-order valence-corrected chi connectivity index (χ2v) is 3.80. The quantitative estimate of drug-likeness (QED) is 0.771. The Hall–Kier alpha value is -2.57. The number of nitrogens with one attached hydrogen (secondary N) is 2. The molecule has 1 amide bonds. The summed E-state index contributed by atoms with van der Waals surface area (Å²) in [5.41, 5.74) is 0.436. The molecule has 0 fully saturated rings. The molecule has 0 aliphatic carbocycles. The molecule has 100 valence electrons. The van der Waals surface area contributed by atoms with E-state index in [1.54, 1.807) is 12.1 Å². The molecule has 1 heterocycles. The van der Waals surface area contributed by atoms with Gasteiger partial charge >= 0.3 is 0 Å². The Kier molecular flexibility index (Phi) is 3.65. The van der Waals surface area contributed by atoms with E-state index in [0.29, 0.717) is 23.7 Å². The Labute approximate surface area is 109 Å². The van der Waals surface area contributed by atoms with Gasteiger partial charge in [0.05, 0.1) is 7.11 Å². The van der Waals surface area contributed by atoms with Crippen LogP contribution < -0.4 is 10.1 Å². The normalized spacial score (nSPS) is 10.2. The Morgan fingerprint density at radius 3 is 2.89 bits per heavy atom. The van der Waals surface area contributed by atoms with E-state index in [-0.39, 0.29) is 11.6 Å². The summed E-state index contributed by atoms with van der Waals surface area (Å²) < 4.78 is 4.92. The number of H-pyrrole nitrogens is 1. The molecule has 3 N–H and O–H groups in total. The lowest BCUT2D eigenvalue weighted by atomic mass is 10.2. The van der Waals surface area contributed by atoms with E-state index in [2.05, 4.69) is 20.5 Å². The van der Waals surface area contributed by atoms with Crippen LogP contribution in [0.2, 0.25) is 0 Å². The molecule has 0 radical (unpaired) electrons. The number of ether oxygens (including phenoxy) is 1. The number of phenols is 1. The van der Waals surface area contributed by atoms with Crippen molar-refractivity contribution in [3.8, 4) is 11.5 Å². The molecule has 0 saturated carbocycles. The highest BCUT2D eigenvalue weighted by Gasteiger charge is 2.13. The van der Waals surface area contributed by atoms with E-state index >= 15 is 0 Å². The summed E-state index contributed by atoms with van der Waals surface area (Å²) in [6, 6.07) is 4.56. The van der Waals surface area contributed by atoms with Crippen LogP contribution in [0.5, 0.6) is 11.5 Å². The summed E-state index contributed by atoms with van der Waals surface area (Å²) in [6.45, 7) is 1.91. The first-order chi connectivity index (χ1) is 9.13. The molecule has 2 aromatic rings. The first-order valence-corrected chi connectivity index (χ1v) is 5.73. The number of phenolic OH excluding ortho intramolecular Hbond substituents is 1. The van der Waals surface area contributed by atoms with Crippen LogP contribution in [-0.4, -0.2) is 33.3 Å². The molecule has 1 aromatic heterocycles. The van der Waals surface area contributed by atoms with E-state index in [1.165, 1.54) is 13.2 Å². The van der Waals surface area contributed by atoms with Crippen molar-refractivity contribution in [3.63, 3.8) is 0 Å². The maximum Gasteiger partial charge on any atom is 0.295 e. The Balaban J connectivity index is 2.12. The smallest absolute Gasteiger partial charge is 0.295 e. The van der Waals surface area contributed by atoms with Crippen molar-refractivity contribution in [3.05, 3.63) is 29.8 Å². The lowest BCUT2D eigenvalue weighted by Crippen LogP contribution is -2.13. The van der Waals surface area contributed by atoms with Gasteiger partial charge in [-0.3, -0.25) is 9.89 Å². The Morgan fingerprint density at radius 2 is 2.32 bits per heavy atom. The molecule has 2 rings (SSSR count). The van der Waals surface area contributed by atoms with E-state index < -0.39 is 5.91 Å². The number of rotatable bonds is 4. The van der Waals surface area contributed by atoms with Gasteiger partial charge in [0.1, 0.15) is 5.82 Å². The van der Waals surface area contributed by atoms with Gasteiger partial charge in [-0.1, -0.05) is 6.92 Å². The predicted octanol–water partition coefficient (Wildman–Crippen LogP) is 1.33. The van der Waals surface area contributed by atoms with Gasteiger partial charge in [-0.05, 0) is 12.1 Å². The predicted molar refractivity (Wildman–Crippen MR) is 68.4 cm³/mol. The standard InChI is InChI=1S/C12H14N4O3/c1-3-10-14-11(16-15-10)12(18)13-7-4-5-9(19-2)8(17)6-7/h4-6,17H,3H2,1-2H3,(H,13,18)(H,14,15,16). The number of hydrogen-bond acceptors (Lipinski definition) is 5. The highest BCUT2D eigenvalue weighted by Crippen LogP contribution is 2.28. The summed E-state index contributed by atoms with van der Waals surface area (Å²) in [4.78, 5) is 15.9. The number of benzene rings is 1. The molecular weight excluding hydrogens is 248 g/mol. The SMILES string of the molecule is CCc1nc(C(=O)Nc2ccc(OC)c(O)c2)n[nH]1. The number of aromatic amines is 1. The van der Waals surface area contributed by atoms with Gasteiger partial charge in [-0.15, -0.1) is 5.10 Å². The van der Waals surface area contributed by atoms with Crippen LogP contribution in [0.25, 0.3) is 0 Å². The molecule has 0 saturated heterocycles. The Bertz CT molecular complexity index is 594. The van der Waals surface area contributed by atoms with Crippen LogP contribution >= 0.6 is 0 Å². The average Bonchev–Trinajstić information content (AvgIpc) is 2.88. The number of hydrogen-bond donors (Lipinski definition) is 3. The minimum atomic E-state index is -0.444. The van der Waals surface area contributed by atoms with Crippen LogP contribution in [0.15, 0.2) is 18.2 Å². The van der Waals surface area contributed by atoms with Crippen molar-refractivity contribution >= 4 is 11.6 Å². The van der Waals surface area contributed by atoms with Crippen LogP contribution in [-0.2, 0) is 6.42 Å². The minimum absolute atomic E-state index is 0.0514. The minimum Gasteiger partial charge on any atom is -0.504 e. The second kappa shape index (κ2) is 5.38. The molecule has 0 unspecified atom stereocenters. The number of carbonyl (C=O) groups excluding carboxylic acids is 1. The zero-order chi connectivity index (χ0) is 13.8. The topological polar surface area (TPSA) is 100 Å². The van der Waals surface area contributed by atoms with Crippen molar-refractivity contribution in [2.45, 2.75) is 13.3 Å². The van der Waals surface area contributed by atoms with Gasteiger partial charge in [0.2, 0.25) is 5.82 Å². The number of anilines is 1. The number of aromatic hydroxyl groups is 1. The van der Waals surface area contributed by atoms with Gasteiger partial charge in [0.15, 0.2) is 11.5 Å². The summed E-state index contributed by atoms with van der Waals surface area (Å²) in [5, 5.41) is 18.7. The molecule has 0 atom stereocenters. The van der Waals surface area contributed by atoms with E-state index in [9.17, 15) is 9.90 Å². The highest BCUT2D eigenvalue weighted by molar-refractivity contribution is 6.01. The number of methoxy groups -OCH3 is 1. The number of aromatic nitrogens is 3. The maximum absolute atomic E-state index is 11.8. The first-order valence-electron chi connectivity index (χ1n) is 5.73. The lowest BCUT2D eigenvalue weighted by Gasteiger charge is -2.06. The van der Waals surface area contributed by atoms with Crippen molar-refractivity contribution in [2.75, 3.05) is 12.4 Å². The zero-order valence-electron chi connectivity index (χ0n) is 10.6. The van der Waals surface area contributed by atoms with Gasteiger partial charge in [-0.25, -0.2) is 4.98 Å². The fourth-order valence-electron chi connectivity index (χ4n) is 1.51.